The number of anilines is 1. The molecule has 0 atom stereocenters. The second kappa shape index (κ2) is 6.84. The summed E-state index contributed by atoms with van der Waals surface area (Å²) in [6.45, 7) is 3.36. The summed E-state index contributed by atoms with van der Waals surface area (Å²) in [6, 6.07) is 3.46. The molecule has 2 rings (SSSR count). The zero-order valence-corrected chi connectivity index (χ0v) is 11.5. The van der Waals surface area contributed by atoms with Gasteiger partial charge in [0.1, 0.15) is 5.82 Å². The smallest absolute Gasteiger partial charge is 0.251 e. The average molecular weight is 276 g/mol. The van der Waals surface area contributed by atoms with Gasteiger partial charge in [-0.15, -0.1) is 11.3 Å². The number of carbonyl (C=O) groups excluding carboxylic acids is 1. The molecule has 2 heterocycles. The number of pyridine rings is 1. The minimum atomic E-state index is -0.0851. The van der Waals surface area contributed by atoms with Crippen molar-refractivity contribution < 1.29 is 4.79 Å². The molecular weight excluding hydrogens is 260 g/mol. The molecule has 6 heteroatoms. The van der Waals surface area contributed by atoms with Crippen LogP contribution >= 0.6 is 11.3 Å². The quantitative estimate of drug-likeness (QED) is 0.846. The normalized spacial score (nSPS) is 10.2. The number of carbonyl (C=O) groups is 1. The largest absolute Gasteiger partial charge is 0.370 e. The Hall–Kier alpha value is -1.95. The highest BCUT2D eigenvalue weighted by atomic mass is 32.1. The molecule has 0 aliphatic rings. The Morgan fingerprint density at radius 1 is 1.37 bits per heavy atom. The maximum Gasteiger partial charge on any atom is 0.251 e. The van der Waals surface area contributed by atoms with Crippen molar-refractivity contribution >= 4 is 23.1 Å². The lowest BCUT2D eigenvalue weighted by atomic mass is 10.2. The van der Waals surface area contributed by atoms with Crippen molar-refractivity contribution in [3.05, 3.63) is 40.5 Å². The topological polar surface area (TPSA) is 66.9 Å². The van der Waals surface area contributed by atoms with Crippen molar-refractivity contribution in [1.29, 1.82) is 0 Å². The van der Waals surface area contributed by atoms with Crippen LogP contribution in [-0.4, -0.2) is 29.0 Å². The van der Waals surface area contributed by atoms with E-state index >= 15 is 0 Å². The van der Waals surface area contributed by atoms with Crippen molar-refractivity contribution in [3.8, 4) is 0 Å². The standard InChI is InChI=1S/C13H16N4OS/c1-2-14-11-9-10(3-5-15-11)13(18)17-6-4-12-16-7-8-19-12/h3,5,7-9H,2,4,6H2,1H3,(H,14,15)(H,17,18). The molecule has 0 radical (unpaired) electrons. The molecule has 0 aliphatic heterocycles. The number of amides is 1. The molecule has 0 saturated carbocycles. The van der Waals surface area contributed by atoms with Crippen LogP contribution in [0.3, 0.4) is 0 Å². The van der Waals surface area contributed by atoms with Gasteiger partial charge in [0, 0.05) is 42.8 Å². The molecule has 5 nitrogen and oxygen atoms in total. The van der Waals surface area contributed by atoms with Crippen LogP contribution < -0.4 is 10.6 Å². The van der Waals surface area contributed by atoms with E-state index in [1.807, 2.05) is 12.3 Å². The van der Waals surface area contributed by atoms with Gasteiger partial charge in [0.05, 0.1) is 5.01 Å². The first-order chi connectivity index (χ1) is 9.29. The third-order valence-corrected chi connectivity index (χ3v) is 3.33. The summed E-state index contributed by atoms with van der Waals surface area (Å²) < 4.78 is 0. The first-order valence-electron chi connectivity index (χ1n) is 6.16. The van der Waals surface area contributed by atoms with E-state index in [1.54, 1.807) is 35.9 Å². The molecule has 0 aliphatic carbocycles. The van der Waals surface area contributed by atoms with Crippen molar-refractivity contribution in [2.24, 2.45) is 0 Å². The number of rotatable bonds is 6. The van der Waals surface area contributed by atoms with Crippen LogP contribution in [0.2, 0.25) is 0 Å². The van der Waals surface area contributed by atoms with Crippen LogP contribution in [0.4, 0.5) is 5.82 Å². The first-order valence-corrected chi connectivity index (χ1v) is 7.04. The third-order valence-electron chi connectivity index (χ3n) is 2.49. The van der Waals surface area contributed by atoms with Crippen molar-refractivity contribution in [2.75, 3.05) is 18.4 Å². The Labute approximate surface area is 116 Å². The summed E-state index contributed by atoms with van der Waals surface area (Å²) in [5.74, 6) is 0.633. The van der Waals surface area contributed by atoms with Crippen LogP contribution in [0.25, 0.3) is 0 Å². The van der Waals surface area contributed by atoms with E-state index in [0.717, 1.165) is 23.8 Å². The van der Waals surface area contributed by atoms with E-state index in [0.29, 0.717) is 12.1 Å². The summed E-state index contributed by atoms with van der Waals surface area (Å²) in [4.78, 5) is 20.3. The Balaban J connectivity index is 1.87. The maximum atomic E-state index is 11.9. The zero-order valence-electron chi connectivity index (χ0n) is 10.7. The first kappa shape index (κ1) is 13.5. The fourth-order valence-electron chi connectivity index (χ4n) is 1.61. The fourth-order valence-corrected chi connectivity index (χ4v) is 2.23. The number of thiazole rings is 1. The fraction of sp³-hybridized carbons (Fsp3) is 0.308. The van der Waals surface area contributed by atoms with Gasteiger partial charge in [0.15, 0.2) is 0 Å². The molecule has 2 N–H and O–H groups in total. The summed E-state index contributed by atoms with van der Waals surface area (Å²) in [6.07, 6.45) is 4.16. The predicted molar refractivity (Wildman–Crippen MR) is 76.6 cm³/mol. The number of hydrogen-bond acceptors (Lipinski definition) is 5. The number of nitrogens with one attached hydrogen (secondary N) is 2. The van der Waals surface area contributed by atoms with E-state index in [4.69, 9.17) is 0 Å². The zero-order chi connectivity index (χ0) is 13.5. The van der Waals surface area contributed by atoms with E-state index in [1.165, 1.54) is 0 Å². The maximum absolute atomic E-state index is 11.9. The highest BCUT2D eigenvalue weighted by Gasteiger charge is 2.06. The lowest BCUT2D eigenvalue weighted by molar-refractivity contribution is 0.0954. The summed E-state index contributed by atoms with van der Waals surface area (Å²) in [5, 5.41) is 8.92. The molecule has 0 unspecified atom stereocenters. The average Bonchev–Trinajstić information content (AvgIpc) is 2.92. The molecule has 0 bridgehead atoms. The molecule has 0 aromatic carbocycles. The van der Waals surface area contributed by atoms with Gasteiger partial charge in [-0.1, -0.05) is 0 Å². The van der Waals surface area contributed by atoms with Gasteiger partial charge in [-0.25, -0.2) is 9.97 Å². The van der Waals surface area contributed by atoms with Gasteiger partial charge >= 0.3 is 0 Å². The van der Waals surface area contributed by atoms with Crippen molar-refractivity contribution in [1.82, 2.24) is 15.3 Å². The van der Waals surface area contributed by atoms with Crippen LogP contribution in [0, 0.1) is 0 Å². The van der Waals surface area contributed by atoms with E-state index in [9.17, 15) is 4.79 Å². The molecule has 0 spiro atoms. The molecule has 19 heavy (non-hydrogen) atoms. The van der Waals surface area contributed by atoms with E-state index in [2.05, 4.69) is 20.6 Å². The number of hydrogen-bond donors (Lipinski definition) is 2. The number of nitrogens with zero attached hydrogens (tertiary/aromatic N) is 2. The Morgan fingerprint density at radius 3 is 3.00 bits per heavy atom. The van der Waals surface area contributed by atoms with Crippen LogP contribution in [0.1, 0.15) is 22.3 Å². The monoisotopic (exact) mass is 276 g/mol. The predicted octanol–water partition coefficient (Wildman–Crippen LogP) is 1.94. The molecule has 0 fully saturated rings. The number of aromatic nitrogens is 2. The van der Waals surface area contributed by atoms with Gasteiger partial charge in [-0.3, -0.25) is 4.79 Å². The highest BCUT2D eigenvalue weighted by molar-refractivity contribution is 7.09. The molecular formula is C13H16N4OS. The molecule has 2 aromatic rings. The Kier molecular flexibility index (Phi) is 4.85. The second-order valence-electron chi connectivity index (χ2n) is 3.89. The molecule has 0 saturated heterocycles. The van der Waals surface area contributed by atoms with Gasteiger partial charge in [-0.05, 0) is 19.1 Å². The third kappa shape index (κ3) is 4.03. The van der Waals surface area contributed by atoms with Gasteiger partial charge in [0.2, 0.25) is 0 Å². The minimum Gasteiger partial charge on any atom is -0.370 e. The van der Waals surface area contributed by atoms with Crippen molar-refractivity contribution in [3.63, 3.8) is 0 Å². The Bertz CT molecular complexity index is 527. The van der Waals surface area contributed by atoms with Gasteiger partial charge < -0.3 is 10.6 Å². The minimum absolute atomic E-state index is 0.0851. The molecule has 100 valence electrons. The van der Waals surface area contributed by atoms with Crippen LogP contribution in [0.5, 0.6) is 0 Å². The SMILES string of the molecule is CCNc1cc(C(=O)NCCc2nccs2)ccn1. The summed E-state index contributed by atoms with van der Waals surface area (Å²) in [5.41, 5.74) is 0.616. The molecule has 1 amide bonds. The lowest BCUT2D eigenvalue weighted by Gasteiger charge is -2.06. The van der Waals surface area contributed by atoms with Gasteiger partial charge in [-0.2, -0.15) is 0 Å². The van der Waals surface area contributed by atoms with E-state index in [-0.39, 0.29) is 5.91 Å². The summed E-state index contributed by atoms with van der Waals surface area (Å²) >= 11 is 1.60. The molecule has 2 aromatic heterocycles. The van der Waals surface area contributed by atoms with Crippen molar-refractivity contribution in [2.45, 2.75) is 13.3 Å². The van der Waals surface area contributed by atoms with Crippen LogP contribution in [-0.2, 0) is 6.42 Å². The summed E-state index contributed by atoms with van der Waals surface area (Å²) in [7, 11) is 0. The Morgan fingerprint density at radius 2 is 2.26 bits per heavy atom. The van der Waals surface area contributed by atoms with E-state index < -0.39 is 0 Å². The van der Waals surface area contributed by atoms with Gasteiger partial charge in [0.25, 0.3) is 5.91 Å². The second-order valence-corrected chi connectivity index (χ2v) is 4.87. The van der Waals surface area contributed by atoms with Crippen LogP contribution in [0.15, 0.2) is 29.9 Å². The highest BCUT2D eigenvalue weighted by Crippen LogP contribution is 2.07. The lowest BCUT2D eigenvalue weighted by Crippen LogP contribution is -2.25.